The first kappa shape index (κ1) is 19.8. The van der Waals surface area contributed by atoms with Crippen molar-refractivity contribution in [3.05, 3.63) is 33.8 Å². The lowest BCUT2D eigenvalue weighted by Gasteiger charge is -2.35. The zero-order valence-corrected chi connectivity index (χ0v) is 17.1. The molecule has 1 saturated heterocycles. The molecule has 0 spiro atoms. The first-order chi connectivity index (χ1) is 11.7. The van der Waals surface area contributed by atoms with Gasteiger partial charge in [0.25, 0.3) is 0 Å². The normalized spacial score (nSPS) is 15.2. The molecule has 25 heavy (non-hydrogen) atoms. The Morgan fingerprint density at radius 3 is 2.28 bits per heavy atom. The van der Waals surface area contributed by atoms with Crippen molar-refractivity contribution in [1.29, 1.82) is 0 Å². The Bertz CT molecular complexity index is 632. The highest BCUT2D eigenvalue weighted by Gasteiger charge is 2.27. The van der Waals surface area contributed by atoms with Crippen LogP contribution in [-0.2, 0) is 16.0 Å². The van der Waals surface area contributed by atoms with Crippen LogP contribution in [-0.4, -0.2) is 53.6 Å². The van der Waals surface area contributed by atoms with Crippen molar-refractivity contribution < 1.29 is 14.3 Å². The average Bonchev–Trinajstić information content (AvgIpc) is 2.52. The number of hydrogen-bond donors (Lipinski definition) is 0. The highest BCUT2D eigenvalue weighted by molar-refractivity contribution is 9.10. The molecule has 0 atom stereocenters. The maximum Gasteiger partial charge on any atom is 0.410 e. The van der Waals surface area contributed by atoms with Gasteiger partial charge in [-0.05, 0) is 57.4 Å². The van der Waals surface area contributed by atoms with Gasteiger partial charge in [-0.2, -0.15) is 0 Å². The molecule has 1 aliphatic rings. The molecule has 0 saturated carbocycles. The van der Waals surface area contributed by atoms with Gasteiger partial charge in [0.1, 0.15) is 5.60 Å². The minimum atomic E-state index is -0.493. The molecule has 5 nitrogen and oxygen atoms in total. The predicted octanol–water partition coefficient (Wildman–Crippen LogP) is 3.77. The first-order valence-corrected chi connectivity index (χ1v) is 9.46. The molecule has 1 fully saturated rings. The number of ether oxygens (including phenoxy) is 1. The van der Waals surface area contributed by atoms with Gasteiger partial charge in [0.2, 0.25) is 5.91 Å². The van der Waals surface area contributed by atoms with Gasteiger partial charge in [-0.3, -0.25) is 4.79 Å². The zero-order valence-electron chi connectivity index (χ0n) is 15.5. The van der Waals surface area contributed by atoms with Crippen LogP contribution in [0.3, 0.4) is 0 Å². The fraction of sp³-hybridized carbons (Fsp3) is 0.579. The fourth-order valence-corrected chi connectivity index (χ4v) is 3.28. The molecule has 1 heterocycles. The molecule has 0 aliphatic carbocycles. The topological polar surface area (TPSA) is 49.9 Å². The number of rotatable bonds is 3. The van der Waals surface area contributed by atoms with Crippen molar-refractivity contribution in [2.45, 2.75) is 46.1 Å². The Morgan fingerprint density at radius 1 is 1.12 bits per heavy atom. The maximum atomic E-state index is 12.4. The Morgan fingerprint density at radius 2 is 1.72 bits per heavy atom. The van der Waals surface area contributed by atoms with Crippen LogP contribution in [0, 0.1) is 6.92 Å². The van der Waals surface area contributed by atoms with E-state index in [2.05, 4.69) is 35.0 Å². The lowest BCUT2D eigenvalue weighted by molar-refractivity contribution is -0.132. The van der Waals surface area contributed by atoms with Gasteiger partial charge in [0, 0.05) is 37.1 Å². The molecule has 0 bridgehead atoms. The summed E-state index contributed by atoms with van der Waals surface area (Å²) < 4.78 is 6.43. The third-order valence-corrected chi connectivity index (χ3v) is 4.69. The molecule has 1 aromatic carbocycles. The average molecular weight is 411 g/mol. The monoisotopic (exact) mass is 410 g/mol. The maximum absolute atomic E-state index is 12.4. The Labute approximate surface area is 158 Å². The standard InChI is InChI=1S/C19H27BrN2O3/c1-14-13-16(20)7-5-15(14)6-8-17(23)21-9-11-22(12-10-21)18(24)25-19(2,3)4/h5,7,13H,6,8-12H2,1-4H3. The number of benzene rings is 1. The summed E-state index contributed by atoms with van der Waals surface area (Å²) in [5.74, 6) is 0.145. The second kappa shape index (κ2) is 8.21. The van der Waals surface area contributed by atoms with Crippen LogP contribution in [0.15, 0.2) is 22.7 Å². The van der Waals surface area contributed by atoms with Gasteiger partial charge >= 0.3 is 6.09 Å². The molecule has 138 valence electrons. The van der Waals surface area contributed by atoms with Gasteiger partial charge < -0.3 is 14.5 Å². The van der Waals surface area contributed by atoms with E-state index in [9.17, 15) is 9.59 Å². The minimum Gasteiger partial charge on any atom is -0.444 e. The summed E-state index contributed by atoms with van der Waals surface area (Å²) in [4.78, 5) is 28.0. The first-order valence-electron chi connectivity index (χ1n) is 8.66. The largest absolute Gasteiger partial charge is 0.444 e. The number of carbonyl (C=O) groups excluding carboxylic acids is 2. The van der Waals surface area contributed by atoms with Crippen LogP contribution in [0.4, 0.5) is 4.79 Å². The summed E-state index contributed by atoms with van der Waals surface area (Å²) in [7, 11) is 0. The predicted molar refractivity (Wildman–Crippen MR) is 102 cm³/mol. The third kappa shape index (κ3) is 6.03. The van der Waals surface area contributed by atoms with Crippen molar-refractivity contribution in [2.75, 3.05) is 26.2 Å². The van der Waals surface area contributed by atoms with Crippen molar-refractivity contribution >= 4 is 27.9 Å². The third-order valence-electron chi connectivity index (χ3n) is 4.20. The molecule has 0 aromatic heterocycles. The van der Waals surface area contributed by atoms with E-state index in [1.165, 1.54) is 11.1 Å². The molecule has 0 N–H and O–H groups in total. The summed E-state index contributed by atoms with van der Waals surface area (Å²) in [6.45, 7) is 9.81. The smallest absolute Gasteiger partial charge is 0.410 e. The fourth-order valence-electron chi connectivity index (χ4n) is 2.80. The zero-order chi connectivity index (χ0) is 18.6. The molecule has 0 radical (unpaired) electrons. The number of nitrogens with zero attached hydrogens (tertiary/aromatic N) is 2. The number of aryl methyl sites for hydroxylation is 2. The summed E-state index contributed by atoms with van der Waals surface area (Å²) in [5, 5.41) is 0. The Balaban J connectivity index is 1.80. The summed E-state index contributed by atoms with van der Waals surface area (Å²) in [5.41, 5.74) is 1.90. The molecular weight excluding hydrogens is 384 g/mol. The van der Waals surface area contributed by atoms with Crippen LogP contribution in [0.5, 0.6) is 0 Å². The van der Waals surface area contributed by atoms with Crippen LogP contribution < -0.4 is 0 Å². The molecule has 0 unspecified atom stereocenters. The van der Waals surface area contributed by atoms with Crippen molar-refractivity contribution in [3.8, 4) is 0 Å². The van der Waals surface area contributed by atoms with E-state index in [4.69, 9.17) is 4.74 Å². The number of carbonyl (C=O) groups is 2. The minimum absolute atomic E-state index is 0.145. The number of piperazine rings is 1. The highest BCUT2D eigenvalue weighted by Crippen LogP contribution is 2.18. The molecule has 2 amide bonds. The summed E-state index contributed by atoms with van der Waals surface area (Å²) in [6.07, 6.45) is 0.934. The van der Waals surface area contributed by atoms with Crippen LogP contribution in [0.2, 0.25) is 0 Å². The van der Waals surface area contributed by atoms with Crippen molar-refractivity contribution in [3.63, 3.8) is 0 Å². The molecular formula is C19H27BrN2O3. The van der Waals surface area contributed by atoms with Crippen molar-refractivity contribution in [2.24, 2.45) is 0 Å². The van der Waals surface area contributed by atoms with Crippen LogP contribution in [0.1, 0.15) is 38.3 Å². The van der Waals surface area contributed by atoms with Gasteiger partial charge in [0.15, 0.2) is 0 Å². The van der Waals surface area contributed by atoms with E-state index in [0.717, 1.165) is 10.9 Å². The lowest BCUT2D eigenvalue weighted by Crippen LogP contribution is -2.51. The molecule has 1 aliphatic heterocycles. The van der Waals surface area contributed by atoms with Gasteiger partial charge in [-0.15, -0.1) is 0 Å². The van der Waals surface area contributed by atoms with E-state index >= 15 is 0 Å². The lowest BCUT2D eigenvalue weighted by atomic mass is 10.0. The molecule has 6 heteroatoms. The quantitative estimate of drug-likeness (QED) is 0.761. The SMILES string of the molecule is Cc1cc(Br)ccc1CCC(=O)N1CCN(C(=O)OC(C)(C)C)CC1. The second-order valence-electron chi connectivity index (χ2n) is 7.42. The number of hydrogen-bond acceptors (Lipinski definition) is 3. The van der Waals surface area contributed by atoms with E-state index < -0.39 is 5.60 Å². The number of amides is 2. The Hall–Kier alpha value is -1.56. The Kier molecular flexibility index (Phi) is 6.49. The van der Waals surface area contributed by atoms with Crippen molar-refractivity contribution in [1.82, 2.24) is 9.80 Å². The van der Waals surface area contributed by atoms with Gasteiger partial charge in [-0.25, -0.2) is 4.79 Å². The van der Waals surface area contributed by atoms with E-state index in [1.54, 1.807) is 4.90 Å². The summed E-state index contributed by atoms with van der Waals surface area (Å²) in [6, 6.07) is 6.14. The van der Waals surface area contributed by atoms with E-state index in [-0.39, 0.29) is 12.0 Å². The molecule has 2 rings (SSSR count). The highest BCUT2D eigenvalue weighted by atomic mass is 79.9. The van der Waals surface area contributed by atoms with E-state index in [1.807, 2.05) is 31.7 Å². The van der Waals surface area contributed by atoms with Crippen LogP contribution in [0.25, 0.3) is 0 Å². The number of halogens is 1. The summed E-state index contributed by atoms with van der Waals surface area (Å²) >= 11 is 3.46. The second-order valence-corrected chi connectivity index (χ2v) is 8.33. The molecule has 1 aromatic rings. The van der Waals surface area contributed by atoms with E-state index in [0.29, 0.717) is 32.6 Å². The van der Waals surface area contributed by atoms with Gasteiger partial charge in [-0.1, -0.05) is 22.0 Å². The van der Waals surface area contributed by atoms with Crippen LogP contribution >= 0.6 is 15.9 Å². The van der Waals surface area contributed by atoms with Gasteiger partial charge in [0.05, 0.1) is 0 Å².